The topological polar surface area (TPSA) is 34.1 Å². The van der Waals surface area contributed by atoms with Crippen LogP contribution in [0.2, 0.25) is 0 Å². The fourth-order valence-corrected chi connectivity index (χ4v) is 6.28. The quantitative estimate of drug-likeness (QED) is 0.184. The van der Waals surface area contributed by atoms with E-state index in [9.17, 15) is 9.59 Å². The Hall–Kier alpha value is -4.30. The van der Waals surface area contributed by atoms with Gasteiger partial charge in [0.05, 0.1) is 0 Å². The van der Waals surface area contributed by atoms with Gasteiger partial charge in [0.1, 0.15) is 0 Å². The summed E-state index contributed by atoms with van der Waals surface area (Å²) in [6, 6.07) is 24.7. The van der Waals surface area contributed by atoms with Gasteiger partial charge in [-0.3, -0.25) is 9.59 Å². The molecule has 8 aromatic carbocycles. The summed E-state index contributed by atoms with van der Waals surface area (Å²) in [7, 11) is 0. The van der Waals surface area contributed by atoms with Crippen molar-refractivity contribution in [3.63, 3.8) is 0 Å². The Morgan fingerprint density at radius 2 is 0.794 bits per heavy atom. The molecule has 0 aromatic heterocycles. The van der Waals surface area contributed by atoms with Gasteiger partial charge in [-0.05, 0) is 81.2 Å². The Labute approximate surface area is 193 Å². The highest BCUT2D eigenvalue weighted by molar-refractivity contribution is 6.40. The van der Waals surface area contributed by atoms with Crippen LogP contribution in [0.1, 0.15) is 11.1 Å². The average molecular weight is 434 g/mol. The van der Waals surface area contributed by atoms with Crippen LogP contribution in [0.15, 0.2) is 82.4 Å². The van der Waals surface area contributed by atoms with Gasteiger partial charge in [-0.1, -0.05) is 59.7 Å². The lowest BCUT2D eigenvalue weighted by Crippen LogP contribution is -2.06. The number of fused-ring (bicyclic) bond motifs is 4. The Kier molecular flexibility index (Phi) is 3.09. The zero-order valence-corrected chi connectivity index (χ0v) is 18.7. The fraction of sp³-hybridized carbons (Fsp3) is 0.0625. The predicted molar refractivity (Wildman–Crippen MR) is 145 cm³/mol. The lowest BCUT2D eigenvalue weighted by Gasteiger charge is -2.19. The normalized spacial score (nSPS) is 12.6. The van der Waals surface area contributed by atoms with Crippen LogP contribution < -0.4 is 10.9 Å². The molecule has 0 fully saturated rings. The second-order valence-corrected chi connectivity index (χ2v) is 9.78. The minimum absolute atomic E-state index is 0.0741. The minimum atomic E-state index is 0.0741. The first-order valence-electron chi connectivity index (χ1n) is 11.6. The summed E-state index contributed by atoms with van der Waals surface area (Å²) in [5.74, 6) is 0. The lowest BCUT2D eigenvalue weighted by atomic mass is 9.83. The lowest BCUT2D eigenvalue weighted by molar-refractivity contribution is 1.51. The molecule has 0 bridgehead atoms. The third kappa shape index (κ3) is 1.99. The molecule has 0 aliphatic carbocycles. The maximum atomic E-state index is 13.5. The summed E-state index contributed by atoms with van der Waals surface area (Å²) in [5.41, 5.74) is 2.42. The van der Waals surface area contributed by atoms with E-state index in [-0.39, 0.29) is 10.9 Å². The molecule has 0 heterocycles. The first-order chi connectivity index (χ1) is 16.5. The fourth-order valence-electron chi connectivity index (χ4n) is 6.28. The van der Waals surface area contributed by atoms with Crippen molar-refractivity contribution in [2.45, 2.75) is 13.8 Å². The number of hydrogen-bond donors (Lipinski definition) is 0. The van der Waals surface area contributed by atoms with Crippen LogP contribution in [-0.4, -0.2) is 0 Å². The minimum Gasteiger partial charge on any atom is -0.289 e. The summed E-state index contributed by atoms with van der Waals surface area (Å²) in [4.78, 5) is 27.1. The zero-order valence-electron chi connectivity index (χ0n) is 18.7. The van der Waals surface area contributed by atoms with Crippen LogP contribution in [0.5, 0.6) is 0 Å². The monoisotopic (exact) mass is 434 g/mol. The predicted octanol–water partition coefficient (Wildman–Crippen LogP) is 7.41. The average Bonchev–Trinajstić information content (AvgIpc) is 2.84. The molecule has 0 unspecified atom stereocenters. The van der Waals surface area contributed by atoms with Gasteiger partial charge in [-0.2, -0.15) is 0 Å². The van der Waals surface area contributed by atoms with E-state index >= 15 is 0 Å². The van der Waals surface area contributed by atoms with Crippen molar-refractivity contribution in [2.75, 3.05) is 0 Å². The third-order valence-electron chi connectivity index (χ3n) is 7.77. The van der Waals surface area contributed by atoms with Crippen molar-refractivity contribution in [2.24, 2.45) is 0 Å². The van der Waals surface area contributed by atoms with Crippen molar-refractivity contribution < 1.29 is 0 Å². The van der Waals surface area contributed by atoms with Crippen molar-refractivity contribution in [3.8, 4) is 0 Å². The van der Waals surface area contributed by atoms with Gasteiger partial charge >= 0.3 is 0 Å². The summed E-state index contributed by atoms with van der Waals surface area (Å²) in [6.07, 6.45) is 0. The molecule has 2 heteroatoms. The van der Waals surface area contributed by atoms with Crippen LogP contribution in [0.4, 0.5) is 0 Å². The number of rotatable bonds is 0. The van der Waals surface area contributed by atoms with E-state index in [4.69, 9.17) is 0 Å². The number of hydrogen-bond acceptors (Lipinski definition) is 2. The molecule has 0 aliphatic rings. The molecular weight excluding hydrogens is 416 g/mol. The summed E-state index contributed by atoms with van der Waals surface area (Å²) < 4.78 is 0. The molecule has 8 rings (SSSR count). The molecule has 0 N–H and O–H groups in total. The number of aryl methyl sites for hydroxylation is 2. The Bertz CT molecular complexity index is 2110. The first kappa shape index (κ1) is 18.2. The van der Waals surface area contributed by atoms with Crippen LogP contribution in [0.3, 0.4) is 0 Å². The first-order valence-corrected chi connectivity index (χ1v) is 11.6. The maximum absolute atomic E-state index is 13.5. The van der Waals surface area contributed by atoms with Crippen molar-refractivity contribution in [3.05, 3.63) is 104 Å². The molecule has 0 saturated carbocycles. The molecule has 34 heavy (non-hydrogen) atoms. The van der Waals surface area contributed by atoms with Gasteiger partial charge in [0.25, 0.3) is 0 Å². The maximum Gasteiger partial charge on any atom is 0.194 e. The van der Waals surface area contributed by atoms with E-state index in [2.05, 4.69) is 50.2 Å². The Balaban J connectivity index is 1.78. The smallest absolute Gasteiger partial charge is 0.194 e. The standard InChI is InChI=1S/C32H18O2/c1-15-3-7-19-23(11-15)25-13-17-5-10-22-30-26(24-12-16(2)4-8-20(24)32(22)34)14-18-6-9-21(31(19)33)29(25)27(18)28(17)30/h3-14H,1-2H3. The molecular formula is C32H18O2. The van der Waals surface area contributed by atoms with Gasteiger partial charge < -0.3 is 0 Å². The SMILES string of the molecule is Cc1ccc2c(=O)c3ccc4cc5c6cc(C)ccc6c(=O)c6ccc7cc(c2c1)c3c4c7c65. The van der Waals surface area contributed by atoms with Crippen LogP contribution in [0, 0.1) is 13.8 Å². The van der Waals surface area contributed by atoms with Gasteiger partial charge in [-0.25, -0.2) is 0 Å². The summed E-state index contributed by atoms with van der Waals surface area (Å²) in [6.45, 7) is 4.13. The Morgan fingerprint density at radius 1 is 0.382 bits per heavy atom. The second kappa shape index (κ2) is 5.78. The van der Waals surface area contributed by atoms with E-state index in [0.717, 1.165) is 86.5 Å². The molecule has 0 atom stereocenters. The van der Waals surface area contributed by atoms with Crippen LogP contribution >= 0.6 is 0 Å². The van der Waals surface area contributed by atoms with Gasteiger partial charge in [0.2, 0.25) is 0 Å². The van der Waals surface area contributed by atoms with Crippen LogP contribution in [0.25, 0.3) is 75.4 Å². The molecule has 0 aliphatic heterocycles. The van der Waals surface area contributed by atoms with E-state index in [0.29, 0.717) is 0 Å². The summed E-state index contributed by atoms with van der Waals surface area (Å²) >= 11 is 0. The van der Waals surface area contributed by atoms with E-state index < -0.39 is 0 Å². The van der Waals surface area contributed by atoms with E-state index in [1.54, 1.807) is 0 Å². The second-order valence-electron chi connectivity index (χ2n) is 9.78. The van der Waals surface area contributed by atoms with E-state index in [1.807, 2.05) is 36.4 Å². The highest BCUT2D eigenvalue weighted by Gasteiger charge is 2.21. The molecule has 0 amide bonds. The van der Waals surface area contributed by atoms with Crippen molar-refractivity contribution in [1.82, 2.24) is 0 Å². The number of benzene rings is 8. The van der Waals surface area contributed by atoms with Crippen molar-refractivity contribution in [1.29, 1.82) is 0 Å². The van der Waals surface area contributed by atoms with Crippen molar-refractivity contribution >= 4 is 75.4 Å². The third-order valence-corrected chi connectivity index (χ3v) is 7.77. The molecule has 158 valence electrons. The van der Waals surface area contributed by atoms with Crippen LogP contribution in [-0.2, 0) is 0 Å². The molecule has 2 nitrogen and oxygen atoms in total. The zero-order chi connectivity index (χ0) is 22.9. The van der Waals surface area contributed by atoms with E-state index in [1.165, 1.54) is 0 Å². The largest absolute Gasteiger partial charge is 0.289 e. The highest BCUT2D eigenvalue weighted by atomic mass is 16.1. The van der Waals surface area contributed by atoms with Gasteiger partial charge in [-0.15, -0.1) is 0 Å². The molecule has 0 radical (unpaired) electrons. The van der Waals surface area contributed by atoms with Gasteiger partial charge in [0, 0.05) is 32.3 Å². The molecule has 0 spiro atoms. The molecule has 8 aromatic rings. The Morgan fingerprint density at radius 3 is 1.24 bits per heavy atom. The molecule has 0 saturated heterocycles. The van der Waals surface area contributed by atoms with Gasteiger partial charge in [0.15, 0.2) is 10.9 Å². The highest BCUT2D eigenvalue weighted by Crippen LogP contribution is 2.45. The summed E-state index contributed by atoms with van der Waals surface area (Å²) in [5, 5.41) is 13.7.